The minimum Gasteiger partial charge on any atom is -0.458 e. The average Bonchev–Trinajstić information content (AvgIpc) is 3.14. The first-order valence-electron chi connectivity index (χ1n) is 9.28. The van der Waals surface area contributed by atoms with Crippen molar-refractivity contribution >= 4 is 40.5 Å². The van der Waals surface area contributed by atoms with Gasteiger partial charge >= 0.3 is 12.1 Å². The lowest BCUT2D eigenvalue weighted by atomic mass is 10.1. The number of hydrogen-bond donors (Lipinski definition) is 1. The highest BCUT2D eigenvalue weighted by atomic mass is 32.2. The molecule has 8 nitrogen and oxygen atoms in total. The van der Waals surface area contributed by atoms with E-state index in [4.69, 9.17) is 9.47 Å². The van der Waals surface area contributed by atoms with Crippen molar-refractivity contribution in [3.63, 3.8) is 0 Å². The van der Waals surface area contributed by atoms with Gasteiger partial charge in [-0.3, -0.25) is 14.5 Å². The van der Waals surface area contributed by atoms with Gasteiger partial charge in [0.15, 0.2) is 9.99 Å². The molecular weight excluding hydrogens is 408 g/mol. The number of carbonyl (C=O) groups is 4. The molecule has 1 fully saturated rings. The third kappa shape index (κ3) is 5.50. The number of hydrogen-bond acceptors (Lipinski definition) is 7. The summed E-state index contributed by atoms with van der Waals surface area (Å²) in [5, 5.41) is 2.40. The molecule has 2 rings (SSSR count). The zero-order valence-corrected chi connectivity index (χ0v) is 17.5. The smallest absolute Gasteiger partial charge is 0.411 e. The number of nitrogens with zero attached hydrogens (tertiary/aromatic N) is 1. The number of ether oxygens (including phenoxy) is 2. The summed E-state index contributed by atoms with van der Waals surface area (Å²) in [4.78, 5) is 49.5. The average molecular weight is 432 g/mol. The Morgan fingerprint density at radius 2 is 1.90 bits per heavy atom. The summed E-state index contributed by atoms with van der Waals surface area (Å²) in [6, 6.07) is 6.21. The van der Waals surface area contributed by atoms with E-state index in [1.165, 1.54) is 30.0 Å². The summed E-state index contributed by atoms with van der Waals surface area (Å²) in [6.45, 7) is 8.65. The molecule has 0 spiro atoms. The van der Waals surface area contributed by atoms with Crippen LogP contribution in [0.5, 0.6) is 0 Å². The highest BCUT2D eigenvalue weighted by Crippen LogP contribution is 2.41. The number of likely N-dealkylation sites (tertiary alicyclic amines) is 1. The Bertz CT molecular complexity index is 856. The van der Waals surface area contributed by atoms with E-state index in [2.05, 4.69) is 18.5 Å². The standard InChI is InChI=1S/C21H24N2O6S/c1-4-12-28-18(25)16-8-6-9-17(14-16)22-19(26)21(30-15(3)24)10-7-11-23(21)20(27)29-13-5-2/h4-6,8-9,14H,1-2,7,10-13H2,3H3,(H,22,26). The highest BCUT2D eigenvalue weighted by molar-refractivity contribution is 8.15. The van der Waals surface area contributed by atoms with Crippen molar-refractivity contribution in [3.8, 4) is 0 Å². The van der Waals surface area contributed by atoms with Crippen LogP contribution in [0.4, 0.5) is 10.5 Å². The second-order valence-electron chi connectivity index (χ2n) is 6.42. The van der Waals surface area contributed by atoms with E-state index >= 15 is 0 Å². The Morgan fingerprint density at radius 3 is 2.57 bits per heavy atom. The summed E-state index contributed by atoms with van der Waals surface area (Å²) in [5.41, 5.74) is 0.583. The fraction of sp³-hybridized carbons (Fsp3) is 0.333. The lowest BCUT2D eigenvalue weighted by molar-refractivity contribution is -0.122. The number of nitrogens with one attached hydrogen (secondary N) is 1. The SMILES string of the molecule is C=CCOC(=O)c1cccc(NC(=O)C2(SC(C)=O)CCCN2C(=O)OCC=C)c1. The molecule has 1 aliphatic rings. The molecule has 1 aromatic carbocycles. The van der Waals surface area contributed by atoms with Crippen molar-refractivity contribution in [1.82, 2.24) is 4.90 Å². The van der Waals surface area contributed by atoms with Gasteiger partial charge in [-0.15, -0.1) is 0 Å². The van der Waals surface area contributed by atoms with Crippen molar-refractivity contribution in [2.75, 3.05) is 25.1 Å². The molecule has 160 valence electrons. The number of rotatable bonds is 8. The molecule has 1 unspecified atom stereocenters. The minimum atomic E-state index is -1.44. The number of benzene rings is 1. The minimum absolute atomic E-state index is 0.00731. The van der Waals surface area contributed by atoms with Crippen LogP contribution in [0.3, 0.4) is 0 Å². The van der Waals surface area contributed by atoms with Crippen molar-refractivity contribution < 1.29 is 28.7 Å². The number of amides is 2. The maximum Gasteiger partial charge on any atom is 0.411 e. The molecule has 1 heterocycles. The first-order valence-corrected chi connectivity index (χ1v) is 10.1. The van der Waals surface area contributed by atoms with E-state index in [1.54, 1.807) is 18.2 Å². The van der Waals surface area contributed by atoms with Gasteiger partial charge in [0.2, 0.25) is 0 Å². The number of esters is 1. The molecule has 1 atom stereocenters. The topological polar surface area (TPSA) is 102 Å². The first-order chi connectivity index (χ1) is 14.3. The van der Waals surface area contributed by atoms with E-state index in [0.717, 1.165) is 11.8 Å². The fourth-order valence-corrected chi connectivity index (χ4v) is 4.18. The second-order valence-corrected chi connectivity index (χ2v) is 7.88. The second kappa shape index (κ2) is 10.6. The van der Waals surface area contributed by atoms with Gasteiger partial charge in [-0.1, -0.05) is 31.4 Å². The van der Waals surface area contributed by atoms with Gasteiger partial charge in [0.1, 0.15) is 13.2 Å². The van der Waals surface area contributed by atoms with Crippen LogP contribution in [0.25, 0.3) is 0 Å². The Balaban J connectivity index is 2.26. The van der Waals surface area contributed by atoms with E-state index in [0.29, 0.717) is 12.1 Å². The molecule has 1 aromatic rings. The number of thioether (sulfide) groups is 1. The maximum atomic E-state index is 13.2. The Kier molecular flexibility index (Phi) is 8.23. The van der Waals surface area contributed by atoms with Gasteiger partial charge in [-0.05, 0) is 42.8 Å². The molecule has 0 aliphatic carbocycles. The first kappa shape index (κ1) is 23.2. The Morgan fingerprint density at radius 1 is 1.20 bits per heavy atom. The predicted molar refractivity (Wildman–Crippen MR) is 114 cm³/mol. The van der Waals surface area contributed by atoms with Crippen LogP contribution in [0.1, 0.15) is 30.1 Å². The molecule has 1 N–H and O–H groups in total. The van der Waals surface area contributed by atoms with Crippen LogP contribution in [0, 0.1) is 0 Å². The van der Waals surface area contributed by atoms with Crippen LogP contribution >= 0.6 is 11.8 Å². The van der Waals surface area contributed by atoms with Gasteiger partial charge < -0.3 is 14.8 Å². The van der Waals surface area contributed by atoms with Crippen LogP contribution in [-0.4, -0.2) is 52.6 Å². The quantitative estimate of drug-likeness (QED) is 0.496. The highest BCUT2D eigenvalue weighted by Gasteiger charge is 2.52. The predicted octanol–water partition coefficient (Wildman–Crippen LogP) is 3.36. The number of anilines is 1. The zero-order chi connectivity index (χ0) is 22.1. The van der Waals surface area contributed by atoms with Crippen LogP contribution in [0.2, 0.25) is 0 Å². The van der Waals surface area contributed by atoms with Crippen molar-refractivity contribution in [1.29, 1.82) is 0 Å². The van der Waals surface area contributed by atoms with E-state index < -0.39 is 22.8 Å². The summed E-state index contributed by atoms with van der Waals surface area (Å²) >= 11 is 0.774. The van der Waals surface area contributed by atoms with Gasteiger partial charge in [0.05, 0.1) is 5.56 Å². The number of carbonyl (C=O) groups excluding carboxylic acids is 4. The zero-order valence-electron chi connectivity index (χ0n) is 16.7. The summed E-state index contributed by atoms with van der Waals surface area (Å²) in [7, 11) is 0. The molecule has 1 saturated heterocycles. The van der Waals surface area contributed by atoms with E-state index in [9.17, 15) is 19.2 Å². The van der Waals surface area contributed by atoms with Crippen LogP contribution in [0.15, 0.2) is 49.6 Å². The van der Waals surface area contributed by atoms with Crippen molar-refractivity contribution in [2.45, 2.75) is 24.6 Å². The normalized spacial score (nSPS) is 17.7. The molecule has 0 bridgehead atoms. The molecule has 0 aromatic heterocycles. The lowest BCUT2D eigenvalue weighted by Crippen LogP contribution is -2.53. The third-order valence-electron chi connectivity index (χ3n) is 4.23. The van der Waals surface area contributed by atoms with Crippen molar-refractivity contribution in [3.05, 3.63) is 55.1 Å². The molecular formula is C21H24N2O6S. The lowest BCUT2D eigenvalue weighted by Gasteiger charge is -2.34. The fourth-order valence-electron chi connectivity index (χ4n) is 3.04. The summed E-state index contributed by atoms with van der Waals surface area (Å²) < 4.78 is 10.1. The van der Waals surface area contributed by atoms with Crippen molar-refractivity contribution in [2.24, 2.45) is 0 Å². The van der Waals surface area contributed by atoms with Crippen LogP contribution < -0.4 is 5.32 Å². The summed E-state index contributed by atoms with van der Waals surface area (Å²) in [5.74, 6) is -1.11. The Hall–Kier alpha value is -3.07. The van der Waals surface area contributed by atoms with E-state index in [-0.39, 0.29) is 36.9 Å². The molecule has 0 radical (unpaired) electrons. The summed E-state index contributed by atoms with van der Waals surface area (Å²) in [6.07, 6.45) is 2.99. The molecule has 30 heavy (non-hydrogen) atoms. The molecule has 9 heteroatoms. The van der Waals surface area contributed by atoms with Crippen LogP contribution in [-0.2, 0) is 19.1 Å². The molecule has 2 amide bonds. The van der Waals surface area contributed by atoms with Gasteiger partial charge in [0, 0.05) is 19.2 Å². The monoisotopic (exact) mass is 432 g/mol. The van der Waals surface area contributed by atoms with E-state index in [1.807, 2.05) is 0 Å². The molecule has 1 aliphatic heterocycles. The largest absolute Gasteiger partial charge is 0.458 e. The Labute approximate surface area is 179 Å². The van der Waals surface area contributed by atoms with Gasteiger partial charge in [0.25, 0.3) is 5.91 Å². The maximum absolute atomic E-state index is 13.2. The molecule has 0 saturated carbocycles. The van der Waals surface area contributed by atoms with Gasteiger partial charge in [-0.25, -0.2) is 9.59 Å². The third-order valence-corrected chi connectivity index (χ3v) is 5.47. The van der Waals surface area contributed by atoms with Gasteiger partial charge in [-0.2, -0.15) is 0 Å².